The molecule has 4 rings (SSSR count). The van der Waals surface area contributed by atoms with Crippen LogP contribution in [-0.2, 0) is 19.6 Å². The largest absolute Gasteiger partial charge is 0.376 e. The minimum atomic E-state index is -3.64. The number of nitrogens with one attached hydrogen (secondary N) is 3. The van der Waals surface area contributed by atoms with Gasteiger partial charge in [-0.2, -0.15) is 5.10 Å². The standard InChI is InChI=1S/C17H27N5O4S/c23-16(18-9-14-4-3-7-26-14)17-5-1-2-6-22(17)12-13(8-17)21-27(24,25)15-10-19-20-11-15/h10-11,13-14,21H,1-9,12H2,(H,18,23)(H,19,20)/t13-,14-,17-/m0/s1. The van der Waals surface area contributed by atoms with Gasteiger partial charge in [-0.05, 0) is 45.1 Å². The van der Waals surface area contributed by atoms with Crippen LogP contribution in [0.1, 0.15) is 38.5 Å². The lowest BCUT2D eigenvalue weighted by molar-refractivity contribution is -0.134. The Morgan fingerprint density at radius 2 is 2.30 bits per heavy atom. The first kappa shape index (κ1) is 18.9. The Hall–Kier alpha value is -1.49. The van der Waals surface area contributed by atoms with Crippen LogP contribution in [0.5, 0.6) is 0 Å². The van der Waals surface area contributed by atoms with Crippen molar-refractivity contribution in [3.63, 3.8) is 0 Å². The molecular weight excluding hydrogens is 370 g/mol. The number of sulfonamides is 1. The zero-order valence-electron chi connectivity index (χ0n) is 15.3. The number of nitrogens with zero attached hydrogens (tertiary/aromatic N) is 2. The van der Waals surface area contributed by atoms with E-state index in [9.17, 15) is 13.2 Å². The van der Waals surface area contributed by atoms with Gasteiger partial charge in [0.1, 0.15) is 10.4 Å². The summed E-state index contributed by atoms with van der Waals surface area (Å²) in [4.78, 5) is 15.4. The number of H-pyrrole nitrogens is 1. The Kier molecular flexibility index (Phi) is 5.23. The van der Waals surface area contributed by atoms with Gasteiger partial charge in [0.25, 0.3) is 0 Å². The predicted molar refractivity (Wildman–Crippen MR) is 97.5 cm³/mol. The predicted octanol–water partition coefficient (Wildman–Crippen LogP) is -0.0198. The van der Waals surface area contributed by atoms with E-state index in [1.54, 1.807) is 0 Å². The van der Waals surface area contributed by atoms with E-state index in [0.717, 1.165) is 45.3 Å². The smallest absolute Gasteiger partial charge is 0.243 e. The molecule has 3 fully saturated rings. The summed E-state index contributed by atoms with van der Waals surface area (Å²) in [5, 5.41) is 9.30. The number of rotatable bonds is 6. The molecular formula is C17H27N5O4S. The van der Waals surface area contributed by atoms with Gasteiger partial charge in [0.2, 0.25) is 15.9 Å². The minimum absolute atomic E-state index is 0.00251. The van der Waals surface area contributed by atoms with E-state index in [1.807, 2.05) is 0 Å². The van der Waals surface area contributed by atoms with Crippen LogP contribution in [-0.4, -0.2) is 73.3 Å². The van der Waals surface area contributed by atoms with Crippen LogP contribution in [0.15, 0.2) is 17.3 Å². The van der Waals surface area contributed by atoms with Crippen LogP contribution < -0.4 is 10.0 Å². The Balaban J connectivity index is 1.45. The fraction of sp³-hybridized carbons (Fsp3) is 0.765. The molecule has 27 heavy (non-hydrogen) atoms. The van der Waals surface area contributed by atoms with Crippen molar-refractivity contribution in [1.29, 1.82) is 0 Å². The third-order valence-corrected chi connectivity index (χ3v) is 7.43. The molecule has 3 N–H and O–H groups in total. The highest BCUT2D eigenvalue weighted by Gasteiger charge is 2.52. The highest BCUT2D eigenvalue weighted by molar-refractivity contribution is 7.89. The van der Waals surface area contributed by atoms with Gasteiger partial charge in [0.15, 0.2) is 0 Å². The Bertz CT molecular complexity index is 762. The first-order valence-corrected chi connectivity index (χ1v) is 11.1. The number of carbonyl (C=O) groups is 1. The van der Waals surface area contributed by atoms with Crippen LogP contribution in [0.2, 0.25) is 0 Å². The number of hydrogen-bond acceptors (Lipinski definition) is 6. The third kappa shape index (κ3) is 3.75. The Labute approximate surface area is 159 Å². The molecule has 0 saturated carbocycles. The van der Waals surface area contributed by atoms with E-state index in [0.29, 0.717) is 19.5 Å². The molecule has 150 valence electrons. The van der Waals surface area contributed by atoms with E-state index in [-0.39, 0.29) is 22.9 Å². The Morgan fingerprint density at radius 3 is 3.04 bits per heavy atom. The summed E-state index contributed by atoms with van der Waals surface area (Å²) in [6.07, 6.45) is 8.01. The molecule has 3 aliphatic rings. The summed E-state index contributed by atoms with van der Waals surface area (Å²) in [6, 6.07) is -0.295. The Morgan fingerprint density at radius 1 is 1.41 bits per heavy atom. The minimum Gasteiger partial charge on any atom is -0.376 e. The van der Waals surface area contributed by atoms with E-state index >= 15 is 0 Å². The normalized spacial score (nSPS) is 31.7. The number of aromatic nitrogens is 2. The monoisotopic (exact) mass is 397 g/mol. The zero-order valence-corrected chi connectivity index (χ0v) is 16.1. The van der Waals surface area contributed by atoms with E-state index < -0.39 is 15.6 Å². The number of ether oxygens (including phenoxy) is 1. The maximum absolute atomic E-state index is 13.1. The summed E-state index contributed by atoms with van der Waals surface area (Å²) in [7, 11) is -3.64. The summed E-state index contributed by atoms with van der Waals surface area (Å²) in [5.74, 6) is 0.00251. The van der Waals surface area contributed by atoms with Gasteiger partial charge >= 0.3 is 0 Å². The average Bonchev–Trinajstić information content (AvgIpc) is 3.38. The number of hydrogen-bond donors (Lipinski definition) is 3. The molecule has 0 aromatic carbocycles. The molecule has 0 unspecified atom stereocenters. The molecule has 0 radical (unpaired) electrons. The number of carbonyl (C=O) groups excluding carboxylic acids is 1. The van der Waals surface area contributed by atoms with Crippen molar-refractivity contribution in [2.45, 2.75) is 61.1 Å². The average molecular weight is 398 g/mol. The second-order valence-electron chi connectivity index (χ2n) is 7.74. The molecule has 4 heterocycles. The topological polar surface area (TPSA) is 116 Å². The molecule has 3 aliphatic heterocycles. The van der Waals surface area contributed by atoms with E-state index in [1.165, 1.54) is 12.4 Å². The van der Waals surface area contributed by atoms with Gasteiger partial charge in [-0.15, -0.1) is 0 Å². The van der Waals surface area contributed by atoms with Crippen molar-refractivity contribution < 1.29 is 17.9 Å². The van der Waals surface area contributed by atoms with Crippen molar-refractivity contribution in [3.8, 4) is 0 Å². The second-order valence-corrected chi connectivity index (χ2v) is 9.45. The lowest BCUT2D eigenvalue weighted by Crippen LogP contribution is -2.58. The van der Waals surface area contributed by atoms with Crippen LogP contribution in [0.25, 0.3) is 0 Å². The van der Waals surface area contributed by atoms with Crippen molar-refractivity contribution in [2.75, 3.05) is 26.2 Å². The lowest BCUT2D eigenvalue weighted by atomic mass is 9.85. The van der Waals surface area contributed by atoms with E-state index in [4.69, 9.17) is 4.74 Å². The van der Waals surface area contributed by atoms with Gasteiger partial charge in [0, 0.05) is 31.9 Å². The van der Waals surface area contributed by atoms with Crippen LogP contribution in [0.4, 0.5) is 0 Å². The third-order valence-electron chi connectivity index (χ3n) is 5.94. The van der Waals surface area contributed by atoms with Gasteiger partial charge in [-0.3, -0.25) is 14.8 Å². The second kappa shape index (κ2) is 7.50. The summed E-state index contributed by atoms with van der Waals surface area (Å²) < 4.78 is 33.4. The molecule has 9 nitrogen and oxygen atoms in total. The molecule has 3 atom stereocenters. The zero-order chi connectivity index (χ0) is 18.9. The van der Waals surface area contributed by atoms with Crippen molar-refractivity contribution in [2.24, 2.45) is 0 Å². The number of fused-ring (bicyclic) bond motifs is 1. The summed E-state index contributed by atoms with van der Waals surface area (Å²) in [6.45, 7) is 2.65. The molecule has 3 saturated heterocycles. The number of amides is 1. The first-order valence-electron chi connectivity index (χ1n) is 9.66. The van der Waals surface area contributed by atoms with Crippen molar-refractivity contribution >= 4 is 15.9 Å². The number of aromatic amines is 1. The fourth-order valence-corrected chi connectivity index (χ4v) is 5.74. The highest BCUT2D eigenvalue weighted by atomic mass is 32.2. The van der Waals surface area contributed by atoms with Gasteiger partial charge < -0.3 is 10.1 Å². The van der Waals surface area contributed by atoms with Crippen LogP contribution in [0, 0.1) is 0 Å². The maximum atomic E-state index is 13.1. The number of piperidine rings is 1. The lowest BCUT2D eigenvalue weighted by Gasteiger charge is -2.40. The SMILES string of the molecule is O=C(NC[C@@H]1CCCO1)[C@@]12CCCCN1C[C@@H](NS(=O)(=O)c1cn[nH]c1)C2. The van der Waals surface area contributed by atoms with Gasteiger partial charge in [0.05, 0.1) is 12.3 Å². The maximum Gasteiger partial charge on any atom is 0.243 e. The van der Waals surface area contributed by atoms with Crippen molar-refractivity contribution in [3.05, 3.63) is 12.4 Å². The van der Waals surface area contributed by atoms with Gasteiger partial charge in [-0.25, -0.2) is 13.1 Å². The van der Waals surface area contributed by atoms with Crippen LogP contribution in [0.3, 0.4) is 0 Å². The van der Waals surface area contributed by atoms with Crippen LogP contribution >= 0.6 is 0 Å². The molecule has 1 aromatic heterocycles. The van der Waals surface area contributed by atoms with Gasteiger partial charge in [-0.1, -0.05) is 0 Å². The van der Waals surface area contributed by atoms with E-state index in [2.05, 4.69) is 25.1 Å². The molecule has 1 aromatic rings. The highest BCUT2D eigenvalue weighted by Crippen LogP contribution is 2.38. The van der Waals surface area contributed by atoms with Crippen molar-refractivity contribution in [1.82, 2.24) is 25.1 Å². The fourth-order valence-electron chi connectivity index (χ4n) is 4.61. The summed E-state index contributed by atoms with van der Waals surface area (Å²) in [5.41, 5.74) is -0.625. The molecule has 0 bridgehead atoms. The molecule has 0 spiro atoms. The summed E-state index contributed by atoms with van der Waals surface area (Å²) >= 11 is 0. The molecule has 10 heteroatoms. The first-order chi connectivity index (χ1) is 13.0. The quantitative estimate of drug-likeness (QED) is 0.621. The molecule has 1 amide bonds. The molecule has 0 aliphatic carbocycles.